The number of nitrogens with one attached hydrogen (secondary N) is 1. The predicted octanol–water partition coefficient (Wildman–Crippen LogP) is 6.62. The highest BCUT2D eigenvalue weighted by Gasteiger charge is 2.14. The number of aromatic nitrogens is 1. The summed E-state index contributed by atoms with van der Waals surface area (Å²) < 4.78 is 6.29. The molecule has 148 valence electrons. The first-order chi connectivity index (χ1) is 14.4. The first-order valence-corrected chi connectivity index (χ1v) is 10.8. The van der Waals surface area contributed by atoms with Gasteiger partial charge in [0.1, 0.15) is 22.2 Å². The van der Waals surface area contributed by atoms with Crippen LogP contribution in [0, 0.1) is 18.3 Å². The Morgan fingerprint density at radius 1 is 1.30 bits per heavy atom. The molecule has 0 amide bonds. The molecule has 0 saturated carbocycles. The molecule has 0 spiro atoms. The lowest BCUT2D eigenvalue weighted by molar-refractivity contribution is 0.563. The molecule has 0 radical (unpaired) electrons. The highest BCUT2D eigenvalue weighted by Crippen LogP contribution is 2.28. The molecule has 4 aromatic rings. The smallest absolute Gasteiger partial charge is 0.345 e. The Morgan fingerprint density at radius 3 is 2.93 bits per heavy atom. The third-order valence-electron chi connectivity index (χ3n) is 4.40. The molecular weight excluding hydrogens is 486 g/mol. The zero-order valence-electron chi connectivity index (χ0n) is 15.6. The molecule has 2 heterocycles. The van der Waals surface area contributed by atoms with Gasteiger partial charge in [-0.3, -0.25) is 0 Å². The summed E-state index contributed by atoms with van der Waals surface area (Å²) in [7, 11) is 0. The van der Waals surface area contributed by atoms with Crippen molar-refractivity contribution in [1.29, 1.82) is 5.26 Å². The Kier molecular flexibility index (Phi) is 5.73. The fourth-order valence-electron chi connectivity index (χ4n) is 2.84. The van der Waals surface area contributed by atoms with E-state index in [1.165, 1.54) is 11.3 Å². The third kappa shape index (κ3) is 4.17. The molecule has 8 heteroatoms. The Labute approximate surface area is 189 Å². The van der Waals surface area contributed by atoms with Gasteiger partial charge in [0.15, 0.2) is 0 Å². The van der Waals surface area contributed by atoms with Crippen LogP contribution in [0.2, 0.25) is 5.02 Å². The summed E-state index contributed by atoms with van der Waals surface area (Å²) in [4.78, 5) is 16.9. The van der Waals surface area contributed by atoms with Gasteiger partial charge < -0.3 is 9.73 Å². The number of rotatable bonds is 4. The van der Waals surface area contributed by atoms with Crippen molar-refractivity contribution < 1.29 is 4.42 Å². The van der Waals surface area contributed by atoms with Crippen molar-refractivity contribution in [1.82, 2.24) is 4.98 Å². The number of fused-ring (bicyclic) bond motifs is 1. The van der Waals surface area contributed by atoms with Gasteiger partial charge in [0, 0.05) is 32.1 Å². The monoisotopic (exact) mass is 497 g/mol. The molecule has 0 saturated heterocycles. The number of benzene rings is 2. The summed E-state index contributed by atoms with van der Waals surface area (Å²) in [6.07, 6.45) is 1.58. The van der Waals surface area contributed by atoms with Crippen molar-refractivity contribution >= 4 is 61.1 Å². The van der Waals surface area contributed by atoms with E-state index in [1.54, 1.807) is 35.8 Å². The van der Waals surface area contributed by atoms with Gasteiger partial charge in [0.05, 0.1) is 11.3 Å². The molecule has 4 rings (SSSR count). The second kappa shape index (κ2) is 8.44. The van der Waals surface area contributed by atoms with Crippen LogP contribution in [0.3, 0.4) is 0 Å². The van der Waals surface area contributed by atoms with Crippen LogP contribution in [0.1, 0.15) is 10.6 Å². The zero-order valence-corrected chi connectivity index (χ0v) is 18.7. The predicted molar refractivity (Wildman–Crippen MR) is 125 cm³/mol. The maximum Gasteiger partial charge on any atom is 0.345 e. The Morgan fingerprint density at radius 2 is 2.13 bits per heavy atom. The molecule has 0 aliphatic heterocycles. The minimum atomic E-state index is -0.475. The Bertz CT molecular complexity index is 1400. The van der Waals surface area contributed by atoms with Gasteiger partial charge in [0.25, 0.3) is 0 Å². The first kappa shape index (κ1) is 20.4. The molecule has 2 aromatic carbocycles. The van der Waals surface area contributed by atoms with Crippen LogP contribution in [0.5, 0.6) is 0 Å². The minimum absolute atomic E-state index is 0.346. The number of nitrogens with zero attached hydrogens (tertiary/aromatic N) is 2. The van der Waals surface area contributed by atoms with E-state index in [-0.39, 0.29) is 0 Å². The van der Waals surface area contributed by atoms with E-state index in [2.05, 4.69) is 32.3 Å². The number of aryl methyl sites for hydroxylation is 1. The van der Waals surface area contributed by atoms with Gasteiger partial charge in [-0.05, 0) is 48.9 Å². The van der Waals surface area contributed by atoms with E-state index < -0.39 is 5.63 Å². The fourth-order valence-corrected chi connectivity index (χ4v) is 4.17. The minimum Gasteiger partial charge on any atom is -0.422 e. The van der Waals surface area contributed by atoms with E-state index in [9.17, 15) is 10.1 Å². The molecule has 5 nitrogen and oxygen atoms in total. The summed E-state index contributed by atoms with van der Waals surface area (Å²) in [6.45, 7) is 1.94. The summed E-state index contributed by atoms with van der Waals surface area (Å²) in [5, 5.41) is 16.3. The normalized spacial score (nSPS) is 11.5. The van der Waals surface area contributed by atoms with Crippen LogP contribution in [-0.4, -0.2) is 4.98 Å². The molecule has 0 aliphatic rings. The van der Waals surface area contributed by atoms with Gasteiger partial charge in [-0.2, -0.15) is 5.26 Å². The van der Waals surface area contributed by atoms with Crippen LogP contribution >= 0.6 is 38.9 Å². The van der Waals surface area contributed by atoms with E-state index in [4.69, 9.17) is 16.0 Å². The third-order valence-corrected chi connectivity index (χ3v) is 6.00. The van der Waals surface area contributed by atoms with Gasteiger partial charge in [0.2, 0.25) is 0 Å². The van der Waals surface area contributed by atoms with Crippen LogP contribution in [0.15, 0.2) is 67.7 Å². The summed E-state index contributed by atoms with van der Waals surface area (Å²) in [5.74, 6) is 0. The first-order valence-electron chi connectivity index (χ1n) is 8.77. The van der Waals surface area contributed by atoms with Crippen molar-refractivity contribution in [2.45, 2.75) is 6.92 Å². The Balaban J connectivity index is 1.68. The van der Waals surface area contributed by atoms with Crippen molar-refractivity contribution in [2.75, 3.05) is 5.32 Å². The lowest BCUT2D eigenvalue weighted by Crippen LogP contribution is -2.03. The van der Waals surface area contributed by atoms with E-state index in [1.807, 2.05) is 25.1 Å². The average molecular weight is 499 g/mol. The summed E-state index contributed by atoms with van der Waals surface area (Å²) in [6, 6.07) is 14.8. The molecule has 0 unspecified atom stereocenters. The van der Waals surface area contributed by atoms with Gasteiger partial charge in [-0.15, -0.1) is 11.3 Å². The molecule has 2 aromatic heterocycles. The molecule has 0 aliphatic carbocycles. The quantitative estimate of drug-likeness (QED) is 0.253. The van der Waals surface area contributed by atoms with E-state index in [0.717, 1.165) is 21.1 Å². The number of anilines is 1. The highest BCUT2D eigenvalue weighted by atomic mass is 79.9. The lowest BCUT2D eigenvalue weighted by Gasteiger charge is -2.06. The fraction of sp³-hybridized carbons (Fsp3) is 0.0455. The topological polar surface area (TPSA) is 78.9 Å². The van der Waals surface area contributed by atoms with Crippen molar-refractivity contribution in [2.24, 2.45) is 0 Å². The van der Waals surface area contributed by atoms with Crippen molar-refractivity contribution in [3.8, 4) is 17.3 Å². The molecule has 0 bridgehead atoms. The Hall–Kier alpha value is -2.92. The number of hydrogen-bond donors (Lipinski definition) is 1. The van der Waals surface area contributed by atoms with Gasteiger partial charge in [-0.25, -0.2) is 9.78 Å². The summed E-state index contributed by atoms with van der Waals surface area (Å²) in [5.41, 5.74) is 2.97. The SMILES string of the molecule is Cc1ccc(Cl)cc1NC=C(C#N)c1nc(-c2cc3cc(Br)ccc3oc2=O)cs1. The van der Waals surface area contributed by atoms with Crippen molar-refractivity contribution in [3.05, 3.63) is 84.5 Å². The van der Waals surface area contributed by atoms with Crippen LogP contribution < -0.4 is 10.9 Å². The molecular formula is C22H13BrClN3O2S. The maximum atomic E-state index is 12.4. The number of nitriles is 1. The molecule has 0 fully saturated rings. The largest absolute Gasteiger partial charge is 0.422 e. The van der Waals surface area contributed by atoms with Crippen molar-refractivity contribution in [3.63, 3.8) is 0 Å². The number of hydrogen-bond acceptors (Lipinski definition) is 6. The second-order valence-corrected chi connectivity index (χ2v) is 8.65. The van der Waals surface area contributed by atoms with Crippen LogP contribution in [-0.2, 0) is 0 Å². The van der Waals surface area contributed by atoms with E-state index in [0.29, 0.717) is 32.4 Å². The molecule has 30 heavy (non-hydrogen) atoms. The van der Waals surface area contributed by atoms with E-state index >= 15 is 0 Å². The number of halogens is 2. The summed E-state index contributed by atoms with van der Waals surface area (Å²) >= 11 is 10.7. The highest BCUT2D eigenvalue weighted by molar-refractivity contribution is 9.10. The van der Waals surface area contributed by atoms with Gasteiger partial charge in [-0.1, -0.05) is 33.6 Å². The molecule has 1 N–H and O–H groups in total. The zero-order chi connectivity index (χ0) is 21.3. The van der Waals surface area contributed by atoms with Crippen LogP contribution in [0.4, 0.5) is 5.69 Å². The average Bonchev–Trinajstić information content (AvgIpc) is 3.20. The maximum absolute atomic E-state index is 12.4. The standard InChI is InChI=1S/C22H13BrClN3O2S/c1-12-2-4-16(24)8-18(12)26-10-14(9-25)21-27-19(11-30-21)17-7-13-6-15(23)3-5-20(13)29-22(17)28/h2-8,10-11,26H,1H3. The number of allylic oxidation sites excluding steroid dienone is 1. The van der Waals surface area contributed by atoms with Crippen LogP contribution in [0.25, 0.3) is 27.8 Å². The number of thiazole rings is 1. The lowest BCUT2D eigenvalue weighted by atomic mass is 10.1. The second-order valence-electron chi connectivity index (χ2n) is 6.44. The van der Waals surface area contributed by atoms with Gasteiger partial charge >= 0.3 is 5.63 Å². The molecule has 0 atom stereocenters.